The highest BCUT2D eigenvalue weighted by Crippen LogP contribution is 2.29. The number of rotatable bonds is 6. The second-order valence-corrected chi connectivity index (χ2v) is 9.37. The Labute approximate surface area is 182 Å². The lowest BCUT2D eigenvalue weighted by Gasteiger charge is -2.34. The summed E-state index contributed by atoms with van der Waals surface area (Å²) in [6, 6.07) is 3.99. The molecule has 1 saturated carbocycles. The van der Waals surface area contributed by atoms with E-state index in [1.807, 2.05) is 24.0 Å². The molecule has 1 amide bonds. The molecule has 2 aromatic rings. The van der Waals surface area contributed by atoms with Gasteiger partial charge < -0.3 is 15.0 Å². The lowest BCUT2D eigenvalue weighted by atomic mass is 9.86. The lowest BCUT2D eigenvalue weighted by Crippen LogP contribution is -2.43. The number of amides is 1. The number of anilines is 2. The molecule has 3 heterocycles. The number of carbonyl (C=O) groups is 1. The van der Waals surface area contributed by atoms with Crippen molar-refractivity contribution in [2.75, 3.05) is 25.0 Å². The van der Waals surface area contributed by atoms with E-state index in [0.29, 0.717) is 32.0 Å². The Morgan fingerprint density at radius 3 is 2.87 bits per heavy atom. The monoisotopic (exact) mass is 429 g/mol. The van der Waals surface area contributed by atoms with Gasteiger partial charge in [0.1, 0.15) is 11.1 Å². The Morgan fingerprint density at radius 1 is 1.27 bits per heavy atom. The van der Waals surface area contributed by atoms with Crippen LogP contribution in [-0.4, -0.2) is 45.7 Å². The quantitative estimate of drug-likeness (QED) is 0.732. The molecule has 30 heavy (non-hydrogen) atoms. The predicted molar refractivity (Wildman–Crippen MR) is 118 cm³/mol. The molecule has 0 unspecified atom stereocenters. The molecule has 2 aliphatic rings. The average Bonchev–Trinajstić information content (AvgIpc) is 3.21. The summed E-state index contributed by atoms with van der Waals surface area (Å²) in [5.41, 5.74) is 2.68. The van der Waals surface area contributed by atoms with E-state index in [1.165, 1.54) is 32.1 Å². The summed E-state index contributed by atoms with van der Waals surface area (Å²) >= 11 is 1.56. The van der Waals surface area contributed by atoms with Crippen molar-refractivity contribution in [3.8, 4) is 0 Å². The van der Waals surface area contributed by atoms with E-state index in [-0.39, 0.29) is 12.0 Å². The molecule has 1 N–H and O–H groups in total. The summed E-state index contributed by atoms with van der Waals surface area (Å²) in [4.78, 5) is 19.5. The fourth-order valence-corrected chi connectivity index (χ4v) is 5.02. The van der Waals surface area contributed by atoms with Crippen LogP contribution in [0.2, 0.25) is 0 Å². The van der Waals surface area contributed by atoms with Crippen LogP contribution in [0.15, 0.2) is 12.1 Å². The molecule has 162 valence electrons. The maximum absolute atomic E-state index is 12.9. The van der Waals surface area contributed by atoms with Crippen molar-refractivity contribution in [2.45, 2.75) is 64.9 Å². The molecule has 0 bridgehead atoms. The highest BCUT2D eigenvalue weighted by molar-refractivity contribution is 7.15. The van der Waals surface area contributed by atoms with E-state index in [2.05, 4.69) is 22.4 Å². The van der Waals surface area contributed by atoms with Crippen molar-refractivity contribution in [2.24, 2.45) is 5.92 Å². The number of pyridine rings is 1. The van der Waals surface area contributed by atoms with E-state index in [9.17, 15) is 4.79 Å². The van der Waals surface area contributed by atoms with Crippen LogP contribution >= 0.6 is 11.3 Å². The Kier molecular flexibility index (Phi) is 6.94. The van der Waals surface area contributed by atoms with Crippen LogP contribution in [0, 0.1) is 12.8 Å². The average molecular weight is 430 g/mol. The van der Waals surface area contributed by atoms with Gasteiger partial charge >= 0.3 is 0 Å². The number of aryl methyl sites for hydroxylation is 2. The molecular weight excluding hydrogens is 398 g/mol. The maximum Gasteiger partial charge on any atom is 0.223 e. The zero-order chi connectivity index (χ0) is 20.9. The molecule has 8 heteroatoms. The summed E-state index contributed by atoms with van der Waals surface area (Å²) < 4.78 is 6.01. The van der Waals surface area contributed by atoms with Crippen LogP contribution in [0.1, 0.15) is 67.9 Å². The van der Waals surface area contributed by atoms with Gasteiger partial charge in [0.2, 0.25) is 11.0 Å². The first-order valence-corrected chi connectivity index (χ1v) is 11.9. The smallest absolute Gasteiger partial charge is 0.223 e. The van der Waals surface area contributed by atoms with Crippen LogP contribution in [0.5, 0.6) is 0 Å². The molecule has 0 radical (unpaired) electrons. The van der Waals surface area contributed by atoms with Crippen LogP contribution in [0.4, 0.5) is 10.8 Å². The number of ether oxygens (including phenoxy) is 1. The van der Waals surface area contributed by atoms with Crippen LogP contribution < -0.4 is 5.32 Å². The highest BCUT2D eigenvalue weighted by atomic mass is 32.1. The molecule has 1 aliphatic carbocycles. The van der Waals surface area contributed by atoms with Gasteiger partial charge in [-0.05, 0) is 44.2 Å². The van der Waals surface area contributed by atoms with Crippen LogP contribution in [-0.2, 0) is 16.0 Å². The third-order valence-corrected chi connectivity index (χ3v) is 6.91. The molecule has 7 nitrogen and oxygen atoms in total. The summed E-state index contributed by atoms with van der Waals surface area (Å²) in [5, 5.41) is 13.5. The SMILES string of the molecule is CCc1nnc(Nc2cc(C)nc([C@@H]3CN(C(=O)CC4CCCCC4)CCO3)c2)s1. The van der Waals surface area contributed by atoms with Crippen molar-refractivity contribution in [3.63, 3.8) is 0 Å². The van der Waals surface area contributed by atoms with Gasteiger partial charge in [0, 0.05) is 24.3 Å². The molecule has 1 saturated heterocycles. The number of hydrogen-bond acceptors (Lipinski definition) is 7. The van der Waals surface area contributed by atoms with Crippen molar-refractivity contribution < 1.29 is 9.53 Å². The van der Waals surface area contributed by atoms with Crippen molar-refractivity contribution in [1.29, 1.82) is 0 Å². The van der Waals surface area contributed by atoms with Crippen molar-refractivity contribution >= 4 is 28.1 Å². The zero-order valence-corrected chi connectivity index (χ0v) is 18.7. The molecular formula is C22H31N5O2S. The van der Waals surface area contributed by atoms with Gasteiger partial charge in [0.15, 0.2) is 0 Å². The molecule has 4 rings (SSSR count). The number of nitrogens with one attached hydrogen (secondary N) is 1. The minimum Gasteiger partial charge on any atom is -0.368 e. The summed E-state index contributed by atoms with van der Waals surface area (Å²) in [7, 11) is 0. The van der Waals surface area contributed by atoms with Gasteiger partial charge in [-0.25, -0.2) is 0 Å². The number of morpholine rings is 1. The number of carbonyl (C=O) groups excluding carboxylic acids is 1. The van der Waals surface area contributed by atoms with E-state index >= 15 is 0 Å². The van der Waals surface area contributed by atoms with Gasteiger partial charge in [0.25, 0.3) is 0 Å². The minimum absolute atomic E-state index is 0.199. The second-order valence-electron chi connectivity index (χ2n) is 8.31. The molecule has 1 aliphatic heterocycles. The Balaban J connectivity index is 1.42. The molecule has 1 atom stereocenters. The standard InChI is InChI=1S/C22H31N5O2S/c1-3-20-25-26-22(30-20)24-17-11-15(2)23-18(13-17)19-14-27(9-10-29-19)21(28)12-16-7-5-4-6-8-16/h11,13,16,19H,3-10,12,14H2,1-2H3,(H,23,24,26)/t19-/m0/s1. The number of hydrogen-bond donors (Lipinski definition) is 1. The maximum atomic E-state index is 12.9. The molecule has 0 spiro atoms. The van der Waals surface area contributed by atoms with E-state index in [4.69, 9.17) is 9.72 Å². The molecule has 2 fully saturated rings. The van der Waals surface area contributed by atoms with E-state index in [0.717, 1.165) is 33.6 Å². The zero-order valence-electron chi connectivity index (χ0n) is 17.9. The number of nitrogens with zero attached hydrogens (tertiary/aromatic N) is 4. The van der Waals surface area contributed by atoms with Gasteiger partial charge in [-0.15, -0.1) is 10.2 Å². The third-order valence-electron chi connectivity index (χ3n) is 5.93. The molecule has 0 aromatic carbocycles. The first-order valence-electron chi connectivity index (χ1n) is 11.1. The number of aromatic nitrogens is 3. The summed E-state index contributed by atoms with van der Waals surface area (Å²) in [6.07, 6.45) is 7.59. The van der Waals surface area contributed by atoms with Crippen LogP contribution in [0.3, 0.4) is 0 Å². The first kappa shape index (κ1) is 21.2. The summed E-state index contributed by atoms with van der Waals surface area (Å²) in [5.74, 6) is 0.822. The predicted octanol–water partition coefficient (Wildman–Crippen LogP) is 4.42. The summed E-state index contributed by atoms with van der Waals surface area (Å²) in [6.45, 7) is 5.83. The topological polar surface area (TPSA) is 80.2 Å². The fourth-order valence-electron chi connectivity index (χ4n) is 4.32. The fraction of sp³-hybridized carbons (Fsp3) is 0.636. The van der Waals surface area contributed by atoms with E-state index in [1.54, 1.807) is 11.3 Å². The Hall–Kier alpha value is -2.06. The third kappa shape index (κ3) is 5.35. The molecule has 2 aromatic heterocycles. The van der Waals surface area contributed by atoms with Gasteiger partial charge in [-0.1, -0.05) is 37.5 Å². The minimum atomic E-state index is -0.199. The van der Waals surface area contributed by atoms with Gasteiger partial charge in [-0.3, -0.25) is 9.78 Å². The normalized spacial score (nSPS) is 20.3. The van der Waals surface area contributed by atoms with Crippen molar-refractivity contribution in [3.05, 3.63) is 28.5 Å². The van der Waals surface area contributed by atoms with E-state index < -0.39 is 0 Å². The lowest BCUT2D eigenvalue weighted by molar-refractivity contribution is -0.140. The van der Waals surface area contributed by atoms with Gasteiger partial charge in [-0.2, -0.15) is 0 Å². The highest BCUT2D eigenvalue weighted by Gasteiger charge is 2.28. The largest absolute Gasteiger partial charge is 0.368 e. The van der Waals surface area contributed by atoms with Gasteiger partial charge in [0.05, 0.1) is 18.8 Å². The van der Waals surface area contributed by atoms with Crippen molar-refractivity contribution in [1.82, 2.24) is 20.1 Å². The first-order chi connectivity index (χ1) is 14.6. The van der Waals surface area contributed by atoms with Crippen LogP contribution in [0.25, 0.3) is 0 Å². The Bertz CT molecular complexity index is 865. The second kappa shape index (κ2) is 9.83. The Morgan fingerprint density at radius 2 is 2.10 bits per heavy atom.